The fourth-order valence-electron chi connectivity index (χ4n) is 2.06. The Morgan fingerprint density at radius 2 is 1.88 bits per heavy atom. The van der Waals surface area contributed by atoms with Crippen LogP contribution >= 0.6 is 15.9 Å². The lowest BCUT2D eigenvalue weighted by atomic mass is 10.1. The van der Waals surface area contributed by atoms with Crippen LogP contribution in [-0.4, -0.2) is 28.0 Å². The molecule has 0 aliphatic carbocycles. The van der Waals surface area contributed by atoms with Gasteiger partial charge in [-0.2, -0.15) is 0 Å². The van der Waals surface area contributed by atoms with Crippen molar-refractivity contribution >= 4 is 31.9 Å². The van der Waals surface area contributed by atoms with Crippen LogP contribution in [0.2, 0.25) is 0 Å². The summed E-state index contributed by atoms with van der Waals surface area (Å²) < 4.78 is 37.0. The van der Waals surface area contributed by atoms with Crippen LogP contribution in [0.15, 0.2) is 51.8 Å². The number of benzene rings is 2. The summed E-state index contributed by atoms with van der Waals surface area (Å²) in [6.45, 7) is 0.363. The molecule has 6 nitrogen and oxygen atoms in total. The van der Waals surface area contributed by atoms with Crippen LogP contribution in [0, 0.1) is 5.82 Å². The van der Waals surface area contributed by atoms with Gasteiger partial charge >= 0.3 is 0 Å². The number of nitrogens with one attached hydrogen (secondary N) is 2. The first-order chi connectivity index (χ1) is 11.8. The monoisotopic (exact) mass is 430 g/mol. The highest BCUT2D eigenvalue weighted by Gasteiger charge is 2.14. The summed E-state index contributed by atoms with van der Waals surface area (Å²) in [6, 6.07) is 10.1. The zero-order valence-electron chi connectivity index (χ0n) is 13.3. The lowest BCUT2D eigenvalue weighted by Gasteiger charge is -2.08. The van der Waals surface area contributed by atoms with Crippen LogP contribution in [0.5, 0.6) is 0 Å². The maximum Gasteiger partial charge on any atom is 0.262 e. The maximum absolute atomic E-state index is 13.2. The van der Waals surface area contributed by atoms with Gasteiger partial charge in [-0.05, 0) is 64.3 Å². The number of rotatable bonds is 7. The normalized spacial score (nSPS) is 11.3. The van der Waals surface area contributed by atoms with E-state index in [-0.39, 0.29) is 16.6 Å². The number of carbonyl (C=O) groups excluding carboxylic acids is 1. The van der Waals surface area contributed by atoms with Gasteiger partial charge in [0.15, 0.2) is 0 Å². The zero-order chi connectivity index (χ0) is 18.4. The molecule has 0 radical (unpaired) electrons. The van der Waals surface area contributed by atoms with E-state index in [4.69, 9.17) is 0 Å². The summed E-state index contributed by atoms with van der Waals surface area (Å²) in [6.07, 6.45) is 0.537. The van der Waals surface area contributed by atoms with Gasteiger partial charge < -0.3 is 5.32 Å². The van der Waals surface area contributed by atoms with E-state index in [9.17, 15) is 17.6 Å². The zero-order valence-corrected chi connectivity index (χ0v) is 15.7. The smallest absolute Gasteiger partial charge is 0.262 e. The lowest BCUT2D eigenvalue weighted by molar-refractivity contribution is 0.0954. The van der Waals surface area contributed by atoms with Crippen molar-refractivity contribution in [3.05, 3.63) is 63.9 Å². The molecule has 2 N–H and O–H groups in total. The van der Waals surface area contributed by atoms with Crippen LogP contribution in [-0.2, 0) is 21.3 Å². The van der Waals surface area contributed by atoms with E-state index < -0.39 is 10.0 Å². The number of carbonyl (C=O) groups is 1. The minimum absolute atomic E-state index is 0.0120. The molecule has 0 heterocycles. The summed E-state index contributed by atoms with van der Waals surface area (Å²) in [4.78, 5) is 18.4. The Morgan fingerprint density at radius 3 is 2.48 bits per heavy atom. The molecule has 2 aromatic carbocycles. The lowest BCUT2D eigenvalue weighted by Crippen LogP contribution is -2.26. The molecule has 1 amide bonds. The highest BCUT2D eigenvalue weighted by molar-refractivity contribution is 9.10. The molecule has 2 rings (SSSR count). The van der Waals surface area contributed by atoms with E-state index in [0.717, 1.165) is 5.56 Å². The molecule has 0 unspecified atom stereocenters. The summed E-state index contributed by atoms with van der Waals surface area (Å²) in [5.74, 6) is -0.671. The second-order valence-corrected chi connectivity index (χ2v) is 7.57. The summed E-state index contributed by atoms with van der Waals surface area (Å²) in [5, 5.41) is 2.73. The highest BCUT2D eigenvalue weighted by Crippen LogP contribution is 2.17. The van der Waals surface area contributed by atoms with Gasteiger partial charge in [0.1, 0.15) is 5.82 Å². The molecule has 0 saturated carbocycles. The van der Waals surface area contributed by atoms with Gasteiger partial charge in [0.2, 0.25) is 0 Å². The third kappa shape index (κ3) is 5.33. The Morgan fingerprint density at radius 1 is 1.20 bits per heavy atom. The second kappa shape index (κ2) is 8.52. The fraction of sp³-hybridized carbons (Fsp3) is 0.188. The Hall–Kier alpha value is -1.81. The van der Waals surface area contributed by atoms with Gasteiger partial charge in [-0.1, -0.05) is 11.0 Å². The molecular weight excluding hydrogens is 415 g/mol. The van der Waals surface area contributed by atoms with E-state index in [0.29, 0.717) is 23.0 Å². The van der Waals surface area contributed by atoms with Gasteiger partial charge in [-0.25, -0.2) is 12.8 Å². The molecule has 0 spiro atoms. The van der Waals surface area contributed by atoms with Crippen molar-refractivity contribution in [2.45, 2.75) is 11.3 Å². The molecule has 0 aromatic heterocycles. The third-order valence-electron chi connectivity index (χ3n) is 3.30. The Balaban J connectivity index is 1.93. The van der Waals surface area contributed by atoms with Crippen LogP contribution in [0.4, 0.5) is 4.39 Å². The van der Waals surface area contributed by atoms with E-state index in [1.165, 1.54) is 37.4 Å². The first kappa shape index (κ1) is 19.5. The van der Waals surface area contributed by atoms with Crippen LogP contribution < -0.4 is 10.2 Å². The van der Waals surface area contributed by atoms with Crippen molar-refractivity contribution in [2.75, 3.05) is 13.7 Å². The van der Waals surface area contributed by atoms with Crippen molar-refractivity contribution in [1.82, 2.24) is 10.2 Å². The molecule has 9 heteroatoms. The standard InChI is InChI=1S/C16H16BrFN2O4S/c1-24-20-25(22,23)13-5-3-12(4-6-13)16(21)19-9-8-11-2-7-15(18)14(17)10-11/h2-7,10,20H,8-9H2,1H3,(H,19,21). The van der Waals surface area contributed by atoms with E-state index >= 15 is 0 Å². The predicted octanol–water partition coefficient (Wildman–Crippen LogP) is 2.40. The number of hydrogen-bond donors (Lipinski definition) is 2. The minimum Gasteiger partial charge on any atom is -0.352 e. The number of amides is 1. The van der Waals surface area contributed by atoms with Crippen molar-refractivity contribution in [3.8, 4) is 0 Å². The highest BCUT2D eigenvalue weighted by atomic mass is 79.9. The predicted molar refractivity (Wildman–Crippen MR) is 93.9 cm³/mol. The molecule has 0 atom stereocenters. The SMILES string of the molecule is CONS(=O)(=O)c1ccc(C(=O)NCCc2ccc(F)c(Br)c2)cc1. The Labute approximate surface area is 153 Å². The molecular formula is C16H16BrFN2O4S. The average Bonchev–Trinajstić information content (AvgIpc) is 2.58. The molecule has 0 fully saturated rings. The summed E-state index contributed by atoms with van der Waals surface area (Å²) in [5.41, 5.74) is 1.21. The van der Waals surface area contributed by atoms with Crippen molar-refractivity contribution < 1.29 is 22.4 Å². The van der Waals surface area contributed by atoms with Crippen LogP contribution in [0.25, 0.3) is 0 Å². The minimum atomic E-state index is -3.75. The molecule has 0 bridgehead atoms. The van der Waals surface area contributed by atoms with Crippen molar-refractivity contribution in [2.24, 2.45) is 0 Å². The molecule has 0 aliphatic heterocycles. The van der Waals surface area contributed by atoms with Gasteiger partial charge in [0.25, 0.3) is 15.9 Å². The maximum atomic E-state index is 13.2. The summed E-state index contributed by atoms with van der Waals surface area (Å²) in [7, 11) is -2.56. The van der Waals surface area contributed by atoms with Crippen LogP contribution in [0.1, 0.15) is 15.9 Å². The molecule has 134 valence electrons. The number of sulfonamides is 1. The first-order valence-corrected chi connectivity index (χ1v) is 9.48. The Bertz CT molecular complexity index is 857. The molecule has 25 heavy (non-hydrogen) atoms. The van der Waals surface area contributed by atoms with E-state index in [1.54, 1.807) is 12.1 Å². The second-order valence-electron chi connectivity index (χ2n) is 5.07. The Kier molecular flexibility index (Phi) is 6.65. The van der Waals surface area contributed by atoms with Crippen molar-refractivity contribution in [3.63, 3.8) is 0 Å². The quantitative estimate of drug-likeness (QED) is 0.660. The van der Waals surface area contributed by atoms with Gasteiger partial charge in [-0.3, -0.25) is 9.63 Å². The topological polar surface area (TPSA) is 84.5 Å². The first-order valence-electron chi connectivity index (χ1n) is 7.20. The van der Waals surface area contributed by atoms with E-state index in [2.05, 4.69) is 26.1 Å². The van der Waals surface area contributed by atoms with E-state index in [1.807, 2.05) is 4.89 Å². The third-order valence-corrected chi connectivity index (χ3v) is 5.19. The number of halogens is 2. The fourth-order valence-corrected chi connectivity index (χ4v) is 3.30. The van der Waals surface area contributed by atoms with Gasteiger partial charge in [0.05, 0.1) is 16.5 Å². The molecule has 0 aliphatic rings. The molecule has 0 saturated heterocycles. The summed E-state index contributed by atoms with van der Waals surface area (Å²) >= 11 is 3.11. The largest absolute Gasteiger partial charge is 0.352 e. The molecule has 2 aromatic rings. The van der Waals surface area contributed by atoms with Gasteiger partial charge in [-0.15, -0.1) is 0 Å². The van der Waals surface area contributed by atoms with Crippen LogP contribution in [0.3, 0.4) is 0 Å². The van der Waals surface area contributed by atoms with Crippen molar-refractivity contribution in [1.29, 1.82) is 0 Å². The number of hydrogen-bond acceptors (Lipinski definition) is 4. The average molecular weight is 431 g/mol. The van der Waals surface area contributed by atoms with Gasteiger partial charge in [0, 0.05) is 12.1 Å².